The highest BCUT2D eigenvalue weighted by atomic mass is 79.9. The van der Waals surface area contributed by atoms with Crippen molar-refractivity contribution in [2.75, 3.05) is 6.61 Å². The van der Waals surface area contributed by atoms with E-state index in [4.69, 9.17) is 10.5 Å². The minimum absolute atomic E-state index is 0.0447. The maximum absolute atomic E-state index is 12.6. The average Bonchev–Trinajstić information content (AvgIpc) is 2.28. The predicted octanol–water partition coefficient (Wildman–Crippen LogP) is 2.42. The Morgan fingerprint density at radius 3 is 2.76 bits per heavy atom. The summed E-state index contributed by atoms with van der Waals surface area (Å²) in [7, 11) is 0. The lowest BCUT2D eigenvalue weighted by atomic mass is 10.1. The highest BCUT2D eigenvalue weighted by molar-refractivity contribution is 9.10. The standard InChI is InChI=1S/C10H11BrF2N2O2/c1-2-17-10(16)8-7(11)5(3-14)6(4-15-8)9(12)13/h4,9H,2-3,14H2,1H3. The third-order valence-electron chi connectivity index (χ3n) is 2.06. The molecule has 0 aliphatic rings. The van der Waals surface area contributed by atoms with Crippen molar-refractivity contribution in [1.29, 1.82) is 0 Å². The zero-order chi connectivity index (χ0) is 13.0. The molecule has 0 saturated heterocycles. The number of ether oxygens (including phenoxy) is 1. The van der Waals surface area contributed by atoms with Crippen LogP contribution >= 0.6 is 15.9 Å². The summed E-state index contributed by atoms with van der Waals surface area (Å²) in [5.74, 6) is -0.671. The van der Waals surface area contributed by atoms with Gasteiger partial charge in [-0.05, 0) is 28.4 Å². The quantitative estimate of drug-likeness (QED) is 0.868. The molecule has 0 unspecified atom stereocenters. The number of carbonyl (C=O) groups is 1. The van der Waals surface area contributed by atoms with Gasteiger partial charge in [0.15, 0.2) is 5.69 Å². The van der Waals surface area contributed by atoms with Crippen molar-refractivity contribution < 1.29 is 18.3 Å². The summed E-state index contributed by atoms with van der Waals surface area (Å²) in [6.45, 7) is 1.71. The lowest BCUT2D eigenvalue weighted by molar-refractivity contribution is 0.0517. The number of nitrogens with zero attached hydrogens (tertiary/aromatic N) is 1. The number of nitrogens with two attached hydrogens (primary N) is 1. The van der Waals surface area contributed by atoms with E-state index in [-0.39, 0.29) is 34.4 Å². The molecule has 0 amide bonds. The topological polar surface area (TPSA) is 65.2 Å². The largest absolute Gasteiger partial charge is 0.461 e. The van der Waals surface area contributed by atoms with Crippen LogP contribution in [-0.4, -0.2) is 17.6 Å². The number of rotatable bonds is 4. The molecule has 17 heavy (non-hydrogen) atoms. The van der Waals surface area contributed by atoms with Crippen LogP contribution in [0.5, 0.6) is 0 Å². The molecule has 0 aliphatic carbocycles. The molecular weight excluding hydrogens is 298 g/mol. The van der Waals surface area contributed by atoms with E-state index in [0.29, 0.717) is 0 Å². The van der Waals surface area contributed by atoms with Crippen molar-refractivity contribution in [3.63, 3.8) is 0 Å². The first kappa shape index (κ1) is 14.0. The smallest absolute Gasteiger partial charge is 0.358 e. The lowest BCUT2D eigenvalue weighted by Gasteiger charge is -2.11. The van der Waals surface area contributed by atoms with Gasteiger partial charge in [0, 0.05) is 18.3 Å². The van der Waals surface area contributed by atoms with E-state index >= 15 is 0 Å². The Balaban J connectivity index is 3.24. The van der Waals surface area contributed by atoms with Crippen molar-refractivity contribution in [1.82, 2.24) is 4.98 Å². The number of carbonyl (C=O) groups excluding carboxylic acids is 1. The fraction of sp³-hybridized carbons (Fsp3) is 0.400. The van der Waals surface area contributed by atoms with Crippen LogP contribution in [0.25, 0.3) is 0 Å². The third kappa shape index (κ3) is 2.98. The third-order valence-corrected chi connectivity index (χ3v) is 2.92. The van der Waals surface area contributed by atoms with E-state index < -0.39 is 12.4 Å². The number of alkyl halides is 2. The molecule has 0 radical (unpaired) electrons. The first-order valence-corrected chi connectivity index (χ1v) is 5.64. The van der Waals surface area contributed by atoms with Gasteiger partial charge in [0.2, 0.25) is 0 Å². The first-order chi connectivity index (χ1) is 8.02. The molecule has 1 rings (SSSR count). The van der Waals surface area contributed by atoms with Crippen LogP contribution in [0.15, 0.2) is 10.7 Å². The SMILES string of the molecule is CCOC(=O)c1ncc(C(F)F)c(CN)c1Br. The highest BCUT2D eigenvalue weighted by Crippen LogP contribution is 2.29. The molecule has 7 heteroatoms. The van der Waals surface area contributed by atoms with Crippen molar-refractivity contribution in [2.24, 2.45) is 5.73 Å². The van der Waals surface area contributed by atoms with Crippen LogP contribution in [0.3, 0.4) is 0 Å². The summed E-state index contributed by atoms with van der Waals surface area (Å²) in [5.41, 5.74) is 5.22. The monoisotopic (exact) mass is 308 g/mol. The normalized spacial score (nSPS) is 10.7. The Morgan fingerprint density at radius 1 is 1.65 bits per heavy atom. The van der Waals surface area contributed by atoms with Gasteiger partial charge in [0.25, 0.3) is 6.43 Å². The molecule has 0 bridgehead atoms. The molecule has 0 atom stereocenters. The summed E-state index contributed by atoms with van der Waals surface area (Å²) >= 11 is 3.05. The van der Waals surface area contributed by atoms with Gasteiger partial charge < -0.3 is 10.5 Å². The fourth-order valence-corrected chi connectivity index (χ4v) is 1.93. The van der Waals surface area contributed by atoms with Gasteiger partial charge in [-0.3, -0.25) is 0 Å². The predicted molar refractivity (Wildman–Crippen MR) is 60.7 cm³/mol. The van der Waals surface area contributed by atoms with E-state index in [1.54, 1.807) is 6.92 Å². The van der Waals surface area contributed by atoms with Crippen molar-refractivity contribution in [3.8, 4) is 0 Å². The van der Waals surface area contributed by atoms with Gasteiger partial charge in [-0.1, -0.05) is 0 Å². The molecule has 0 aliphatic heterocycles. The van der Waals surface area contributed by atoms with Crippen LogP contribution in [-0.2, 0) is 11.3 Å². The van der Waals surface area contributed by atoms with E-state index in [0.717, 1.165) is 6.20 Å². The fourth-order valence-electron chi connectivity index (χ4n) is 1.28. The first-order valence-electron chi connectivity index (χ1n) is 4.85. The second-order valence-electron chi connectivity index (χ2n) is 3.08. The van der Waals surface area contributed by atoms with E-state index in [1.165, 1.54) is 0 Å². The number of hydrogen-bond donors (Lipinski definition) is 1. The highest BCUT2D eigenvalue weighted by Gasteiger charge is 2.21. The molecular formula is C10H11BrF2N2O2. The molecule has 94 valence electrons. The van der Waals surface area contributed by atoms with Gasteiger partial charge in [0.05, 0.1) is 11.1 Å². The van der Waals surface area contributed by atoms with Gasteiger partial charge in [-0.2, -0.15) is 0 Å². The minimum Gasteiger partial charge on any atom is -0.461 e. The molecule has 1 heterocycles. The maximum atomic E-state index is 12.6. The van der Waals surface area contributed by atoms with Crippen LogP contribution < -0.4 is 5.73 Å². The van der Waals surface area contributed by atoms with Crippen molar-refractivity contribution in [2.45, 2.75) is 19.9 Å². The Bertz CT molecular complexity index is 427. The maximum Gasteiger partial charge on any atom is 0.358 e. The minimum atomic E-state index is -2.69. The number of hydrogen-bond acceptors (Lipinski definition) is 4. The van der Waals surface area contributed by atoms with E-state index in [2.05, 4.69) is 20.9 Å². The summed E-state index contributed by atoms with van der Waals surface area (Å²) in [6, 6.07) is 0. The Morgan fingerprint density at radius 2 is 2.29 bits per heavy atom. The molecule has 0 fully saturated rings. The van der Waals surface area contributed by atoms with Gasteiger partial charge in [-0.15, -0.1) is 0 Å². The summed E-state index contributed by atoms with van der Waals surface area (Å²) in [6.07, 6.45) is -1.74. The molecule has 0 aromatic carbocycles. The Hall–Kier alpha value is -1.08. The number of pyridine rings is 1. The van der Waals surface area contributed by atoms with Gasteiger partial charge >= 0.3 is 5.97 Å². The van der Waals surface area contributed by atoms with Crippen LogP contribution in [0.4, 0.5) is 8.78 Å². The van der Waals surface area contributed by atoms with Gasteiger partial charge in [-0.25, -0.2) is 18.6 Å². The molecule has 1 aromatic heterocycles. The summed E-state index contributed by atoms with van der Waals surface area (Å²) in [5, 5.41) is 0. The van der Waals surface area contributed by atoms with Crippen molar-refractivity contribution >= 4 is 21.9 Å². The Labute approximate surface area is 105 Å². The zero-order valence-corrected chi connectivity index (χ0v) is 10.6. The van der Waals surface area contributed by atoms with Crippen molar-refractivity contribution in [3.05, 3.63) is 27.5 Å². The average molecular weight is 309 g/mol. The number of aromatic nitrogens is 1. The summed E-state index contributed by atoms with van der Waals surface area (Å²) < 4.78 is 30.2. The second-order valence-corrected chi connectivity index (χ2v) is 3.87. The molecule has 4 nitrogen and oxygen atoms in total. The molecule has 0 spiro atoms. The molecule has 0 saturated carbocycles. The number of esters is 1. The second kappa shape index (κ2) is 6.02. The Kier molecular flexibility index (Phi) is 4.95. The molecule has 1 aromatic rings. The molecule has 2 N–H and O–H groups in total. The lowest BCUT2D eigenvalue weighted by Crippen LogP contribution is -2.13. The zero-order valence-electron chi connectivity index (χ0n) is 9.04. The van der Waals surface area contributed by atoms with Gasteiger partial charge in [0.1, 0.15) is 0 Å². The van der Waals surface area contributed by atoms with Crippen LogP contribution in [0.1, 0.15) is 35.0 Å². The van der Waals surface area contributed by atoms with Crippen LogP contribution in [0.2, 0.25) is 0 Å². The van der Waals surface area contributed by atoms with Crippen LogP contribution in [0, 0.1) is 0 Å². The van der Waals surface area contributed by atoms with E-state index in [9.17, 15) is 13.6 Å². The number of halogens is 3. The summed E-state index contributed by atoms with van der Waals surface area (Å²) in [4.78, 5) is 15.1. The van der Waals surface area contributed by atoms with E-state index in [1.807, 2.05) is 0 Å².